The van der Waals surface area contributed by atoms with Gasteiger partial charge < -0.3 is 9.64 Å². The Balaban J connectivity index is 2.76. The van der Waals surface area contributed by atoms with E-state index in [0.29, 0.717) is 12.1 Å². The first kappa shape index (κ1) is 16.6. The molecule has 1 unspecified atom stereocenters. The van der Waals surface area contributed by atoms with Crippen LogP contribution >= 0.6 is 0 Å². The van der Waals surface area contributed by atoms with Crippen molar-refractivity contribution in [2.45, 2.75) is 13.5 Å². The molecule has 0 aromatic heterocycles. The normalized spacial score (nSPS) is 12.2. The van der Waals surface area contributed by atoms with Crippen LogP contribution in [0.25, 0.3) is 6.08 Å². The number of hydrogen-bond acceptors (Lipinski definition) is 3. The number of nitrogens with zero attached hydrogens (tertiary/aromatic N) is 2. The Morgan fingerprint density at radius 1 is 1.48 bits per heavy atom. The first-order valence-corrected chi connectivity index (χ1v) is 6.30. The van der Waals surface area contributed by atoms with Crippen molar-refractivity contribution in [2.24, 2.45) is 5.92 Å². The molecule has 21 heavy (non-hydrogen) atoms. The van der Waals surface area contributed by atoms with Gasteiger partial charge in [0.2, 0.25) is 5.91 Å². The fraction of sp³-hybridized carbons (Fsp3) is 0.333. The second kappa shape index (κ2) is 8.00. The SMILES string of the molecule is CC(C#N)CN(C)C(=O)/C=C/c1ccccc1OC(F)F. The number of likely N-dealkylation sites (N-methyl/N-ethyl adjacent to an activating group) is 1. The topological polar surface area (TPSA) is 53.3 Å². The highest BCUT2D eigenvalue weighted by Gasteiger charge is 2.10. The molecule has 1 rings (SSSR count). The van der Waals surface area contributed by atoms with Crippen LogP contribution in [0.4, 0.5) is 8.78 Å². The lowest BCUT2D eigenvalue weighted by atomic mass is 10.1. The Labute approximate surface area is 122 Å². The molecule has 0 radical (unpaired) electrons. The van der Waals surface area contributed by atoms with Crippen molar-refractivity contribution >= 4 is 12.0 Å². The number of carbonyl (C=O) groups excluding carboxylic acids is 1. The van der Waals surface area contributed by atoms with Crippen molar-refractivity contribution in [2.75, 3.05) is 13.6 Å². The lowest BCUT2D eigenvalue weighted by molar-refractivity contribution is -0.125. The Morgan fingerprint density at radius 2 is 2.14 bits per heavy atom. The fourth-order valence-electron chi connectivity index (χ4n) is 1.65. The molecule has 1 amide bonds. The molecule has 0 N–H and O–H groups in total. The van der Waals surface area contributed by atoms with Gasteiger partial charge in [-0.15, -0.1) is 0 Å². The van der Waals surface area contributed by atoms with Crippen LogP contribution in [0.15, 0.2) is 30.3 Å². The van der Waals surface area contributed by atoms with Crippen LogP contribution in [-0.4, -0.2) is 31.0 Å². The number of hydrogen-bond donors (Lipinski definition) is 0. The molecule has 0 aliphatic heterocycles. The van der Waals surface area contributed by atoms with Crippen molar-refractivity contribution < 1.29 is 18.3 Å². The van der Waals surface area contributed by atoms with E-state index in [1.165, 1.54) is 23.1 Å². The number of rotatable bonds is 6. The Bertz CT molecular complexity index is 553. The van der Waals surface area contributed by atoms with E-state index in [0.717, 1.165) is 0 Å². The first-order chi connectivity index (χ1) is 9.93. The summed E-state index contributed by atoms with van der Waals surface area (Å²) < 4.78 is 28.9. The molecule has 1 aromatic carbocycles. The Morgan fingerprint density at radius 3 is 2.76 bits per heavy atom. The third kappa shape index (κ3) is 5.61. The lowest BCUT2D eigenvalue weighted by Crippen LogP contribution is -2.29. The van der Waals surface area contributed by atoms with Gasteiger partial charge in [-0.3, -0.25) is 4.79 Å². The molecule has 6 heteroatoms. The summed E-state index contributed by atoms with van der Waals surface area (Å²) in [6.45, 7) is -0.914. The second-order valence-corrected chi connectivity index (χ2v) is 4.50. The molecule has 0 heterocycles. The third-order valence-electron chi connectivity index (χ3n) is 2.68. The predicted octanol–water partition coefficient (Wildman–Crippen LogP) is 2.92. The van der Waals surface area contributed by atoms with Crippen LogP contribution in [0.3, 0.4) is 0 Å². The van der Waals surface area contributed by atoms with Gasteiger partial charge in [0.25, 0.3) is 0 Å². The standard InChI is InChI=1S/C15H16F2N2O2/c1-11(9-18)10-19(2)14(20)8-7-12-5-3-4-6-13(12)21-15(16)17/h3-8,11,15H,10H2,1-2H3/b8-7+. The summed E-state index contributed by atoms with van der Waals surface area (Å²) in [5, 5.41) is 8.70. The van der Waals surface area contributed by atoms with E-state index in [2.05, 4.69) is 4.74 Å². The molecular formula is C15H16F2N2O2. The zero-order valence-corrected chi connectivity index (χ0v) is 11.8. The zero-order valence-electron chi connectivity index (χ0n) is 11.8. The highest BCUT2D eigenvalue weighted by Crippen LogP contribution is 2.21. The van der Waals surface area contributed by atoms with E-state index < -0.39 is 6.61 Å². The predicted molar refractivity (Wildman–Crippen MR) is 74.5 cm³/mol. The second-order valence-electron chi connectivity index (χ2n) is 4.50. The maximum atomic E-state index is 12.3. The van der Waals surface area contributed by atoms with E-state index >= 15 is 0 Å². The maximum Gasteiger partial charge on any atom is 0.387 e. The number of nitriles is 1. The number of para-hydroxylation sites is 1. The summed E-state index contributed by atoms with van der Waals surface area (Å²) in [5.41, 5.74) is 0.382. The van der Waals surface area contributed by atoms with Crippen molar-refractivity contribution in [1.82, 2.24) is 4.90 Å². The molecule has 0 fully saturated rings. The maximum absolute atomic E-state index is 12.3. The molecule has 112 valence electrons. The summed E-state index contributed by atoms with van der Waals surface area (Å²) >= 11 is 0. The Kier molecular flexibility index (Phi) is 6.34. The van der Waals surface area contributed by atoms with Gasteiger partial charge >= 0.3 is 6.61 Å². The van der Waals surface area contributed by atoms with E-state index in [1.54, 1.807) is 32.2 Å². The molecule has 4 nitrogen and oxygen atoms in total. The van der Waals surface area contributed by atoms with E-state index in [9.17, 15) is 13.6 Å². The molecular weight excluding hydrogens is 278 g/mol. The van der Waals surface area contributed by atoms with Gasteiger partial charge in [-0.1, -0.05) is 18.2 Å². The van der Waals surface area contributed by atoms with E-state index in [1.807, 2.05) is 6.07 Å². The number of benzene rings is 1. The summed E-state index contributed by atoms with van der Waals surface area (Å²) in [6.07, 6.45) is 2.67. The molecule has 1 atom stereocenters. The third-order valence-corrected chi connectivity index (χ3v) is 2.68. The van der Waals surface area contributed by atoms with Crippen molar-refractivity contribution in [3.8, 4) is 11.8 Å². The smallest absolute Gasteiger partial charge is 0.387 e. The molecule has 0 saturated heterocycles. The fourth-order valence-corrected chi connectivity index (χ4v) is 1.65. The minimum Gasteiger partial charge on any atom is -0.434 e. The van der Waals surface area contributed by atoms with Gasteiger partial charge in [0.05, 0.1) is 12.0 Å². The number of amides is 1. The number of halogens is 2. The molecule has 0 bridgehead atoms. The highest BCUT2D eigenvalue weighted by molar-refractivity contribution is 5.92. The molecule has 0 spiro atoms. The monoisotopic (exact) mass is 294 g/mol. The number of carbonyl (C=O) groups is 1. The van der Waals surface area contributed by atoms with Gasteiger partial charge in [0.15, 0.2) is 0 Å². The minimum atomic E-state index is -2.92. The summed E-state index contributed by atoms with van der Waals surface area (Å²) in [6, 6.07) is 8.23. The van der Waals surface area contributed by atoms with Gasteiger partial charge in [-0.05, 0) is 19.1 Å². The Hall–Kier alpha value is -2.42. The van der Waals surface area contributed by atoms with Crippen LogP contribution in [0.5, 0.6) is 5.75 Å². The van der Waals surface area contributed by atoms with Gasteiger partial charge in [-0.2, -0.15) is 14.0 Å². The van der Waals surface area contributed by atoms with Gasteiger partial charge in [-0.25, -0.2) is 0 Å². The highest BCUT2D eigenvalue weighted by atomic mass is 19.3. The molecule has 1 aromatic rings. The van der Waals surface area contributed by atoms with Gasteiger partial charge in [0, 0.05) is 25.2 Å². The van der Waals surface area contributed by atoms with Crippen LogP contribution in [0.2, 0.25) is 0 Å². The van der Waals surface area contributed by atoms with E-state index in [4.69, 9.17) is 5.26 Å². The summed E-state index contributed by atoms with van der Waals surface area (Å²) in [5.74, 6) is -0.588. The van der Waals surface area contributed by atoms with Crippen LogP contribution in [-0.2, 0) is 4.79 Å². The summed E-state index contributed by atoms with van der Waals surface area (Å²) in [7, 11) is 1.57. The molecule has 0 saturated carbocycles. The average Bonchev–Trinajstić information content (AvgIpc) is 2.45. The van der Waals surface area contributed by atoms with Crippen LogP contribution in [0.1, 0.15) is 12.5 Å². The zero-order chi connectivity index (χ0) is 15.8. The van der Waals surface area contributed by atoms with Crippen molar-refractivity contribution in [3.63, 3.8) is 0 Å². The minimum absolute atomic E-state index is 0.00426. The molecule has 0 aliphatic carbocycles. The first-order valence-electron chi connectivity index (χ1n) is 6.30. The lowest BCUT2D eigenvalue weighted by Gasteiger charge is -2.16. The quantitative estimate of drug-likeness (QED) is 0.758. The van der Waals surface area contributed by atoms with Crippen LogP contribution in [0, 0.1) is 17.2 Å². The molecule has 0 aliphatic rings. The van der Waals surface area contributed by atoms with E-state index in [-0.39, 0.29) is 17.6 Å². The summed E-state index contributed by atoms with van der Waals surface area (Å²) in [4.78, 5) is 13.2. The van der Waals surface area contributed by atoms with Gasteiger partial charge in [0.1, 0.15) is 5.75 Å². The van der Waals surface area contributed by atoms with Crippen LogP contribution < -0.4 is 4.74 Å². The number of alkyl halides is 2. The van der Waals surface area contributed by atoms with Crippen molar-refractivity contribution in [1.29, 1.82) is 5.26 Å². The average molecular weight is 294 g/mol. The van der Waals surface area contributed by atoms with Crippen molar-refractivity contribution in [3.05, 3.63) is 35.9 Å². The number of ether oxygens (including phenoxy) is 1. The largest absolute Gasteiger partial charge is 0.434 e.